The summed E-state index contributed by atoms with van der Waals surface area (Å²) in [5, 5.41) is 8.24. The monoisotopic (exact) mass is 369 g/mol. The smallest absolute Gasteiger partial charge is 0.241 e. The van der Waals surface area contributed by atoms with Gasteiger partial charge in [-0.3, -0.25) is 4.68 Å². The van der Waals surface area contributed by atoms with Crippen LogP contribution in [0.3, 0.4) is 0 Å². The molecule has 1 fully saturated rings. The van der Waals surface area contributed by atoms with Gasteiger partial charge in [0.2, 0.25) is 5.88 Å². The van der Waals surface area contributed by atoms with Crippen LogP contribution in [0.15, 0.2) is 66.9 Å². The second kappa shape index (κ2) is 8.88. The van der Waals surface area contributed by atoms with E-state index >= 15 is 0 Å². The van der Waals surface area contributed by atoms with E-state index in [0.29, 0.717) is 18.5 Å². The van der Waals surface area contributed by atoms with Crippen LogP contribution in [0.1, 0.15) is 24.4 Å². The number of rotatable bonds is 5. The summed E-state index contributed by atoms with van der Waals surface area (Å²) < 4.78 is 8.17. The Balaban J connectivity index is 0.00000196. The Bertz CT molecular complexity index is 799. The summed E-state index contributed by atoms with van der Waals surface area (Å²) in [6, 6.07) is 21.0. The average molecular weight is 370 g/mol. The highest BCUT2D eigenvalue weighted by atomic mass is 35.5. The maximum absolute atomic E-state index is 6.10. The molecule has 0 saturated carbocycles. The molecule has 1 atom stereocenters. The zero-order valence-electron chi connectivity index (χ0n) is 14.7. The summed E-state index contributed by atoms with van der Waals surface area (Å²) in [5.41, 5.74) is 3.35. The topological polar surface area (TPSA) is 39.1 Å². The molecule has 3 aromatic rings. The zero-order valence-corrected chi connectivity index (χ0v) is 15.5. The van der Waals surface area contributed by atoms with Crippen molar-refractivity contribution in [2.24, 2.45) is 0 Å². The van der Waals surface area contributed by atoms with E-state index in [2.05, 4.69) is 52.6 Å². The van der Waals surface area contributed by atoms with Gasteiger partial charge >= 0.3 is 0 Å². The predicted molar refractivity (Wildman–Crippen MR) is 107 cm³/mol. The van der Waals surface area contributed by atoms with Crippen LogP contribution in [0.2, 0.25) is 0 Å². The third-order valence-electron chi connectivity index (χ3n) is 4.65. The first-order chi connectivity index (χ1) is 12.4. The molecule has 4 nitrogen and oxygen atoms in total. The number of ether oxygens (including phenoxy) is 1. The van der Waals surface area contributed by atoms with Gasteiger partial charge in [0.05, 0.1) is 11.6 Å². The van der Waals surface area contributed by atoms with Gasteiger partial charge in [-0.2, -0.15) is 0 Å². The van der Waals surface area contributed by atoms with Crippen molar-refractivity contribution >= 4 is 12.4 Å². The van der Waals surface area contributed by atoms with Gasteiger partial charge in [0, 0.05) is 12.7 Å². The van der Waals surface area contributed by atoms with Gasteiger partial charge in [-0.15, -0.1) is 17.5 Å². The van der Waals surface area contributed by atoms with Crippen LogP contribution in [0.25, 0.3) is 11.1 Å². The number of halogens is 1. The quantitative estimate of drug-likeness (QED) is 0.720. The fourth-order valence-electron chi connectivity index (χ4n) is 3.27. The number of benzene rings is 2. The van der Waals surface area contributed by atoms with Gasteiger partial charge in [-0.25, -0.2) is 0 Å². The lowest BCUT2D eigenvalue weighted by atomic mass is 10.1. The van der Waals surface area contributed by atoms with Gasteiger partial charge in [-0.1, -0.05) is 60.7 Å². The van der Waals surface area contributed by atoms with Crippen LogP contribution in [-0.4, -0.2) is 22.9 Å². The third-order valence-corrected chi connectivity index (χ3v) is 4.65. The zero-order chi connectivity index (χ0) is 16.9. The first-order valence-corrected chi connectivity index (χ1v) is 8.92. The van der Waals surface area contributed by atoms with Crippen molar-refractivity contribution in [1.82, 2.24) is 15.1 Å². The normalized spacial score (nSPS) is 16.7. The summed E-state index contributed by atoms with van der Waals surface area (Å²) in [7, 11) is 0. The lowest BCUT2D eigenvalue weighted by Crippen LogP contribution is -2.31. The molecule has 5 heteroatoms. The van der Waals surface area contributed by atoms with Crippen LogP contribution in [0.5, 0.6) is 5.88 Å². The van der Waals surface area contributed by atoms with Crippen molar-refractivity contribution in [3.8, 4) is 17.0 Å². The molecule has 0 aliphatic carbocycles. The van der Waals surface area contributed by atoms with Crippen molar-refractivity contribution in [3.63, 3.8) is 0 Å². The molecular weight excluding hydrogens is 346 g/mol. The number of hydrogen-bond acceptors (Lipinski definition) is 3. The SMILES string of the molecule is Cl.c1ccc(COc2nn(C3CCCNC3)cc2-c2ccccc2)cc1. The van der Waals surface area contributed by atoms with E-state index in [4.69, 9.17) is 9.84 Å². The molecule has 1 unspecified atom stereocenters. The van der Waals surface area contributed by atoms with E-state index in [0.717, 1.165) is 36.2 Å². The summed E-state index contributed by atoms with van der Waals surface area (Å²) >= 11 is 0. The lowest BCUT2D eigenvalue weighted by molar-refractivity contribution is 0.280. The predicted octanol–water partition coefficient (Wildman–Crippen LogP) is 4.48. The molecule has 1 N–H and O–H groups in total. The molecule has 0 amide bonds. The molecule has 1 aromatic heterocycles. The molecule has 2 aromatic carbocycles. The van der Waals surface area contributed by atoms with Crippen LogP contribution in [0, 0.1) is 0 Å². The summed E-state index contributed by atoms with van der Waals surface area (Å²) in [5.74, 6) is 0.709. The van der Waals surface area contributed by atoms with Gasteiger partial charge < -0.3 is 10.1 Å². The number of piperidine rings is 1. The summed E-state index contributed by atoms with van der Waals surface area (Å²) in [6.45, 7) is 2.59. The number of hydrogen-bond donors (Lipinski definition) is 1. The molecule has 1 aliphatic heterocycles. The Kier molecular flexibility index (Phi) is 6.31. The molecule has 2 heterocycles. The Hall–Kier alpha value is -2.30. The van der Waals surface area contributed by atoms with Crippen molar-refractivity contribution in [3.05, 3.63) is 72.4 Å². The highest BCUT2D eigenvalue weighted by Crippen LogP contribution is 2.31. The van der Waals surface area contributed by atoms with E-state index in [1.807, 2.05) is 24.3 Å². The Labute approximate surface area is 160 Å². The largest absolute Gasteiger partial charge is 0.471 e. The van der Waals surface area contributed by atoms with Crippen LogP contribution >= 0.6 is 12.4 Å². The van der Waals surface area contributed by atoms with Crippen molar-refractivity contribution in [2.75, 3.05) is 13.1 Å². The fraction of sp³-hybridized carbons (Fsp3) is 0.286. The van der Waals surface area contributed by atoms with Crippen LogP contribution in [-0.2, 0) is 6.61 Å². The van der Waals surface area contributed by atoms with Crippen LogP contribution in [0.4, 0.5) is 0 Å². The van der Waals surface area contributed by atoms with E-state index in [-0.39, 0.29) is 12.4 Å². The minimum Gasteiger partial charge on any atom is -0.471 e. The van der Waals surface area contributed by atoms with E-state index in [1.54, 1.807) is 0 Å². The van der Waals surface area contributed by atoms with E-state index in [9.17, 15) is 0 Å². The minimum absolute atomic E-state index is 0. The highest BCUT2D eigenvalue weighted by molar-refractivity contribution is 5.85. The third kappa shape index (κ3) is 4.26. The Morgan fingerprint density at radius 1 is 1.04 bits per heavy atom. The molecular formula is C21H24ClN3O. The summed E-state index contributed by atoms with van der Waals surface area (Å²) in [6.07, 6.45) is 4.47. The second-order valence-corrected chi connectivity index (χ2v) is 6.47. The number of nitrogens with zero attached hydrogens (tertiary/aromatic N) is 2. The van der Waals surface area contributed by atoms with Gasteiger partial charge in [-0.05, 0) is 30.5 Å². The maximum atomic E-state index is 6.10. The first kappa shape index (κ1) is 18.5. The van der Waals surface area contributed by atoms with Crippen molar-refractivity contribution in [2.45, 2.75) is 25.5 Å². The lowest BCUT2D eigenvalue weighted by Gasteiger charge is -2.22. The highest BCUT2D eigenvalue weighted by Gasteiger charge is 2.20. The van der Waals surface area contributed by atoms with Gasteiger partial charge in [0.15, 0.2) is 0 Å². The van der Waals surface area contributed by atoms with E-state index < -0.39 is 0 Å². The second-order valence-electron chi connectivity index (χ2n) is 6.47. The molecule has 0 bridgehead atoms. The summed E-state index contributed by atoms with van der Waals surface area (Å²) in [4.78, 5) is 0. The Morgan fingerprint density at radius 3 is 2.46 bits per heavy atom. The molecule has 0 radical (unpaired) electrons. The van der Waals surface area contributed by atoms with Crippen LogP contribution < -0.4 is 10.1 Å². The maximum Gasteiger partial charge on any atom is 0.241 e. The minimum atomic E-state index is 0. The molecule has 1 aliphatic rings. The molecule has 0 spiro atoms. The first-order valence-electron chi connectivity index (χ1n) is 8.92. The average Bonchev–Trinajstić information content (AvgIpc) is 3.13. The Morgan fingerprint density at radius 2 is 1.77 bits per heavy atom. The van der Waals surface area contributed by atoms with Gasteiger partial charge in [0.1, 0.15) is 6.61 Å². The van der Waals surface area contributed by atoms with Gasteiger partial charge in [0.25, 0.3) is 0 Å². The van der Waals surface area contributed by atoms with E-state index in [1.165, 1.54) is 6.42 Å². The molecule has 4 rings (SSSR count). The molecule has 26 heavy (non-hydrogen) atoms. The number of nitrogens with one attached hydrogen (secondary N) is 1. The number of aromatic nitrogens is 2. The molecule has 136 valence electrons. The molecule has 1 saturated heterocycles. The van der Waals surface area contributed by atoms with Crippen molar-refractivity contribution < 1.29 is 4.74 Å². The van der Waals surface area contributed by atoms with Crippen molar-refractivity contribution in [1.29, 1.82) is 0 Å². The fourth-order valence-corrected chi connectivity index (χ4v) is 3.27. The standard InChI is InChI=1S/C21H23N3O.ClH/c1-3-8-17(9-4-1)16-25-21-20(18-10-5-2-6-11-18)15-24(23-21)19-12-7-13-22-14-19;/h1-6,8-11,15,19,22H,7,12-14,16H2;1H.